The van der Waals surface area contributed by atoms with E-state index in [0.29, 0.717) is 35.8 Å². The van der Waals surface area contributed by atoms with E-state index in [1.807, 2.05) is 0 Å². The molecule has 2 aromatic carbocycles. The molecule has 0 atom stereocenters. The highest BCUT2D eigenvalue weighted by Crippen LogP contribution is 2.17. The van der Waals surface area contributed by atoms with Gasteiger partial charge in [0.05, 0.1) is 5.69 Å². The summed E-state index contributed by atoms with van der Waals surface area (Å²) < 4.78 is 30.8. The highest BCUT2D eigenvalue weighted by molar-refractivity contribution is 7.08. The van der Waals surface area contributed by atoms with E-state index < -0.39 is 17.5 Å². The van der Waals surface area contributed by atoms with Crippen molar-refractivity contribution in [2.45, 2.75) is 19.9 Å². The van der Waals surface area contributed by atoms with Gasteiger partial charge in [-0.1, -0.05) is 16.6 Å². The summed E-state index contributed by atoms with van der Waals surface area (Å²) in [6, 6.07) is 9.70. The van der Waals surface area contributed by atoms with Crippen LogP contribution in [0.15, 0.2) is 42.5 Å². The quantitative estimate of drug-likeness (QED) is 0.554. The molecule has 7 nitrogen and oxygen atoms in total. The molecule has 0 spiro atoms. The van der Waals surface area contributed by atoms with Crippen LogP contribution in [0.3, 0.4) is 0 Å². The molecular weight excluding hydrogens is 424 g/mol. The predicted octanol–water partition coefficient (Wildman–Crippen LogP) is 3.37. The molecule has 3 N–H and O–H groups in total. The number of aromatic nitrogens is 2. The molecule has 3 aromatic rings. The molecule has 0 aliphatic heterocycles. The lowest BCUT2D eigenvalue weighted by atomic mass is 10.1. The predicted molar refractivity (Wildman–Crippen MR) is 114 cm³/mol. The number of aryl methyl sites for hydroxylation is 1. The van der Waals surface area contributed by atoms with Gasteiger partial charge in [0, 0.05) is 30.4 Å². The molecule has 0 unspecified atom stereocenters. The minimum Gasteiger partial charge on any atom is -0.334 e. The summed E-state index contributed by atoms with van der Waals surface area (Å²) in [5.74, 6) is -2.41. The standard InChI is InChI=1S/C21H21F2N5O2S/c1-13-19(31-27-26-13)20(29)25-18-5-3-14(4-6-18)12-28(8-2-7-24)21(30)15-9-16(22)11-17(23)10-15/h3-6,9-11H,2,7-8,12,24H2,1H3,(H,25,29). The highest BCUT2D eigenvalue weighted by Gasteiger charge is 2.18. The van der Waals surface area contributed by atoms with Crippen LogP contribution in [-0.2, 0) is 6.54 Å². The number of hydrogen-bond acceptors (Lipinski definition) is 6. The van der Waals surface area contributed by atoms with Crippen molar-refractivity contribution in [3.8, 4) is 0 Å². The first kappa shape index (κ1) is 22.4. The van der Waals surface area contributed by atoms with Crippen LogP contribution in [-0.4, -0.2) is 39.4 Å². The Morgan fingerprint density at radius 1 is 1.13 bits per heavy atom. The van der Waals surface area contributed by atoms with Crippen molar-refractivity contribution in [1.29, 1.82) is 0 Å². The third-order valence-corrected chi connectivity index (χ3v) is 5.30. The minimum absolute atomic E-state index is 0.0630. The maximum atomic E-state index is 13.5. The Hall–Kier alpha value is -3.24. The van der Waals surface area contributed by atoms with E-state index in [4.69, 9.17) is 5.73 Å². The van der Waals surface area contributed by atoms with E-state index in [0.717, 1.165) is 35.3 Å². The lowest BCUT2D eigenvalue weighted by Crippen LogP contribution is -2.32. The summed E-state index contributed by atoms with van der Waals surface area (Å²) in [5.41, 5.74) is 7.43. The first-order valence-corrected chi connectivity index (χ1v) is 10.3. The van der Waals surface area contributed by atoms with Crippen molar-refractivity contribution in [2.75, 3.05) is 18.4 Å². The summed E-state index contributed by atoms with van der Waals surface area (Å²) in [6.45, 7) is 2.64. The molecule has 0 aliphatic carbocycles. The Bertz CT molecular complexity index is 1050. The number of nitrogens with one attached hydrogen (secondary N) is 1. The van der Waals surface area contributed by atoms with Crippen LogP contribution in [0, 0.1) is 18.6 Å². The first-order chi connectivity index (χ1) is 14.9. The lowest BCUT2D eigenvalue weighted by Gasteiger charge is -2.23. The van der Waals surface area contributed by atoms with Crippen molar-refractivity contribution in [1.82, 2.24) is 14.5 Å². The van der Waals surface area contributed by atoms with Crippen LogP contribution in [0.5, 0.6) is 0 Å². The van der Waals surface area contributed by atoms with E-state index in [2.05, 4.69) is 14.9 Å². The minimum atomic E-state index is -0.811. The van der Waals surface area contributed by atoms with Crippen LogP contribution in [0.2, 0.25) is 0 Å². The molecular formula is C21H21F2N5O2S. The molecule has 0 saturated carbocycles. The molecule has 0 saturated heterocycles. The second-order valence-corrected chi connectivity index (χ2v) is 7.62. The number of nitrogens with zero attached hydrogens (tertiary/aromatic N) is 3. The van der Waals surface area contributed by atoms with Gasteiger partial charge in [-0.3, -0.25) is 9.59 Å². The van der Waals surface area contributed by atoms with Gasteiger partial charge in [-0.15, -0.1) is 5.10 Å². The van der Waals surface area contributed by atoms with Crippen LogP contribution < -0.4 is 11.1 Å². The molecule has 0 aliphatic rings. The van der Waals surface area contributed by atoms with Crippen molar-refractivity contribution in [2.24, 2.45) is 5.73 Å². The fraction of sp³-hybridized carbons (Fsp3) is 0.238. The number of hydrogen-bond donors (Lipinski definition) is 2. The van der Waals surface area contributed by atoms with Crippen LogP contribution in [0.25, 0.3) is 0 Å². The van der Waals surface area contributed by atoms with Crippen LogP contribution in [0.4, 0.5) is 14.5 Å². The van der Waals surface area contributed by atoms with Gasteiger partial charge in [-0.2, -0.15) is 0 Å². The molecule has 0 fully saturated rings. The molecule has 0 bridgehead atoms. The normalized spacial score (nSPS) is 10.7. The van der Waals surface area contributed by atoms with Gasteiger partial charge in [0.15, 0.2) is 0 Å². The molecule has 10 heteroatoms. The number of halogens is 2. The zero-order valence-electron chi connectivity index (χ0n) is 16.8. The van der Waals surface area contributed by atoms with E-state index in [-0.39, 0.29) is 18.0 Å². The number of amides is 2. The zero-order valence-corrected chi connectivity index (χ0v) is 17.6. The molecule has 2 amide bonds. The maximum absolute atomic E-state index is 13.5. The number of nitrogens with two attached hydrogens (primary N) is 1. The zero-order chi connectivity index (χ0) is 22.4. The van der Waals surface area contributed by atoms with E-state index >= 15 is 0 Å². The fourth-order valence-corrected chi connectivity index (χ4v) is 3.49. The molecule has 1 heterocycles. The smallest absolute Gasteiger partial charge is 0.269 e. The molecule has 1 aromatic heterocycles. The fourth-order valence-electron chi connectivity index (χ4n) is 2.94. The molecule has 0 radical (unpaired) electrons. The number of carbonyl (C=O) groups is 2. The van der Waals surface area contributed by atoms with Crippen LogP contribution >= 0.6 is 11.5 Å². The maximum Gasteiger partial charge on any atom is 0.269 e. The van der Waals surface area contributed by atoms with Crippen molar-refractivity contribution < 1.29 is 18.4 Å². The molecule has 31 heavy (non-hydrogen) atoms. The Balaban J connectivity index is 1.71. The number of anilines is 1. The van der Waals surface area contributed by atoms with Gasteiger partial charge in [0.25, 0.3) is 11.8 Å². The second kappa shape index (κ2) is 10.2. The third kappa shape index (κ3) is 5.89. The number of benzene rings is 2. The first-order valence-electron chi connectivity index (χ1n) is 9.52. The SMILES string of the molecule is Cc1nnsc1C(=O)Nc1ccc(CN(CCCN)C(=O)c2cc(F)cc(F)c2)cc1. The van der Waals surface area contributed by atoms with Gasteiger partial charge >= 0.3 is 0 Å². The topological polar surface area (TPSA) is 101 Å². The van der Waals surface area contributed by atoms with Crippen molar-refractivity contribution >= 4 is 29.0 Å². The molecule has 3 rings (SSSR count). The average Bonchev–Trinajstić information content (AvgIpc) is 3.17. The summed E-state index contributed by atoms with van der Waals surface area (Å²) >= 11 is 1.02. The van der Waals surface area contributed by atoms with E-state index in [1.54, 1.807) is 31.2 Å². The van der Waals surface area contributed by atoms with Gasteiger partial charge in [-0.25, -0.2) is 8.78 Å². The summed E-state index contributed by atoms with van der Waals surface area (Å²) in [5, 5.41) is 6.59. The van der Waals surface area contributed by atoms with Crippen molar-refractivity contribution in [3.63, 3.8) is 0 Å². The largest absolute Gasteiger partial charge is 0.334 e. The highest BCUT2D eigenvalue weighted by atomic mass is 32.1. The van der Waals surface area contributed by atoms with Gasteiger partial charge in [0.1, 0.15) is 16.5 Å². The number of carbonyl (C=O) groups excluding carboxylic acids is 2. The van der Waals surface area contributed by atoms with Gasteiger partial charge in [0.2, 0.25) is 0 Å². The Labute approximate surface area is 182 Å². The second-order valence-electron chi connectivity index (χ2n) is 6.87. The molecule has 162 valence electrons. The van der Waals surface area contributed by atoms with Crippen LogP contribution in [0.1, 0.15) is 37.7 Å². The Morgan fingerprint density at radius 3 is 2.39 bits per heavy atom. The van der Waals surface area contributed by atoms with Crippen molar-refractivity contribution in [3.05, 3.63) is 75.8 Å². The summed E-state index contributed by atoms with van der Waals surface area (Å²) in [7, 11) is 0. The third-order valence-electron chi connectivity index (χ3n) is 4.47. The monoisotopic (exact) mass is 445 g/mol. The lowest BCUT2D eigenvalue weighted by molar-refractivity contribution is 0.0741. The Kier molecular flexibility index (Phi) is 7.37. The number of rotatable bonds is 8. The van der Waals surface area contributed by atoms with E-state index in [9.17, 15) is 18.4 Å². The average molecular weight is 445 g/mol. The Morgan fingerprint density at radius 2 is 1.81 bits per heavy atom. The summed E-state index contributed by atoms with van der Waals surface area (Å²) in [6.07, 6.45) is 0.542. The van der Waals surface area contributed by atoms with Gasteiger partial charge < -0.3 is 16.0 Å². The van der Waals surface area contributed by atoms with Gasteiger partial charge in [-0.05, 0) is 61.3 Å². The summed E-state index contributed by atoms with van der Waals surface area (Å²) in [4.78, 5) is 27.0. The van der Waals surface area contributed by atoms with E-state index in [1.165, 1.54) is 4.90 Å².